The van der Waals surface area contributed by atoms with Crippen molar-refractivity contribution in [2.45, 2.75) is 19.8 Å². The molecular formula is C16H17N5O2S. The summed E-state index contributed by atoms with van der Waals surface area (Å²) in [5.41, 5.74) is 2.17. The number of carbonyl (C=O) groups excluding carboxylic acids is 2. The zero-order valence-electron chi connectivity index (χ0n) is 13.1. The maximum absolute atomic E-state index is 12.0. The Balaban J connectivity index is 1.45. The minimum atomic E-state index is -0.109. The number of hydrogen-bond donors (Lipinski definition) is 3. The van der Waals surface area contributed by atoms with Gasteiger partial charge in [-0.3, -0.25) is 14.7 Å². The van der Waals surface area contributed by atoms with Crippen molar-refractivity contribution in [3.63, 3.8) is 0 Å². The number of carbonyl (C=O) groups is 2. The van der Waals surface area contributed by atoms with E-state index in [0.29, 0.717) is 35.6 Å². The molecule has 0 fully saturated rings. The van der Waals surface area contributed by atoms with Gasteiger partial charge < -0.3 is 10.6 Å². The summed E-state index contributed by atoms with van der Waals surface area (Å²) >= 11 is 1.39. The molecular weight excluding hydrogens is 326 g/mol. The first-order valence-electron chi connectivity index (χ1n) is 7.56. The number of aryl methyl sites for hydroxylation is 1. The molecule has 0 aromatic carbocycles. The van der Waals surface area contributed by atoms with Gasteiger partial charge in [-0.1, -0.05) is 6.07 Å². The Kier molecular flexibility index (Phi) is 4.85. The van der Waals surface area contributed by atoms with Crippen molar-refractivity contribution in [2.75, 3.05) is 11.9 Å². The number of aromatic nitrogens is 3. The van der Waals surface area contributed by atoms with E-state index in [9.17, 15) is 9.59 Å². The molecule has 8 heteroatoms. The lowest BCUT2D eigenvalue weighted by atomic mass is 10.2. The fraction of sp³-hybridized carbons (Fsp3) is 0.250. The standard InChI is InChI=1S/C16H17N5O2S/c1-10-12-8-11(9-18-15(12)21-20-10)19-14(22)5-2-6-17-16(23)13-4-3-7-24-13/h3-4,7-9H,2,5-6H2,1H3,(H,17,23)(H,19,22)(H,18,20,21). The molecule has 7 nitrogen and oxygen atoms in total. The maximum atomic E-state index is 12.0. The van der Waals surface area contributed by atoms with E-state index >= 15 is 0 Å². The highest BCUT2D eigenvalue weighted by Crippen LogP contribution is 2.17. The van der Waals surface area contributed by atoms with E-state index in [1.54, 1.807) is 12.3 Å². The van der Waals surface area contributed by atoms with Crippen LogP contribution in [0, 0.1) is 6.92 Å². The fourth-order valence-corrected chi connectivity index (χ4v) is 2.90. The molecule has 0 spiro atoms. The summed E-state index contributed by atoms with van der Waals surface area (Å²) in [4.78, 5) is 28.6. The van der Waals surface area contributed by atoms with Crippen molar-refractivity contribution in [3.8, 4) is 0 Å². The predicted molar refractivity (Wildman–Crippen MR) is 93.1 cm³/mol. The van der Waals surface area contributed by atoms with Crippen LogP contribution in [0.1, 0.15) is 28.2 Å². The zero-order chi connectivity index (χ0) is 16.9. The van der Waals surface area contributed by atoms with Crippen LogP contribution in [0.3, 0.4) is 0 Å². The third-order valence-corrected chi connectivity index (χ3v) is 4.36. The molecule has 0 radical (unpaired) electrons. The molecule has 2 amide bonds. The number of aromatic amines is 1. The number of nitrogens with zero attached hydrogens (tertiary/aromatic N) is 2. The van der Waals surface area contributed by atoms with E-state index in [4.69, 9.17) is 0 Å². The molecule has 0 unspecified atom stereocenters. The topological polar surface area (TPSA) is 99.8 Å². The van der Waals surface area contributed by atoms with E-state index in [-0.39, 0.29) is 11.8 Å². The first-order valence-corrected chi connectivity index (χ1v) is 8.44. The lowest BCUT2D eigenvalue weighted by Crippen LogP contribution is -2.24. The van der Waals surface area contributed by atoms with E-state index < -0.39 is 0 Å². The number of pyridine rings is 1. The lowest BCUT2D eigenvalue weighted by Gasteiger charge is -2.06. The number of rotatable bonds is 6. The zero-order valence-corrected chi connectivity index (χ0v) is 13.9. The monoisotopic (exact) mass is 343 g/mol. The van der Waals surface area contributed by atoms with Crippen molar-refractivity contribution in [1.82, 2.24) is 20.5 Å². The normalized spacial score (nSPS) is 10.7. The minimum Gasteiger partial charge on any atom is -0.351 e. The summed E-state index contributed by atoms with van der Waals surface area (Å²) in [5, 5.41) is 15.3. The minimum absolute atomic E-state index is 0.101. The fourth-order valence-electron chi connectivity index (χ4n) is 2.26. The molecule has 3 aromatic heterocycles. The Morgan fingerprint density at radius 2 is 2.25 bits per heavy atom. The number of nitrogens with one attached hydrogen (secondary N) is 3. The first-order chi connectivity index (χ1) is 11.6. The summed E-state index contributed by atoms with van der Waals surface area (Å²) in [5.74, 6) is -0.210. The van der Waals surface area contributed by atoms with Gasteiger partial charge in [0.1, 0.15) is 0 Å². The van der Waals surface area contributed by atoms with Gasteiger partial charge in [-0.25, -0.2) is 4.98 Å². The molecule has 3 rings (SSSR count). The number of anilines is 1. The Morgan fingerprint density at radius 3 is 3.04 bits per heavy atom. The van der Waals surface area contributed by atoms with Crippen LogP contribution in [0.25, 0.3) is 11.0 Å². The van der Waals surface area contributed by atoms with Crippen LogP contribution >= 0.6 is 11.3 Å². The van der Waals surface area contributed by atoms with Crippen molar-refractivity contribution < 1.29 is 9.59 Å². The molecule has 3 heterocycles. The number of thiophene rings is 1. The number of hydrogen-bond acceptors (Lipinski definition) is 5. The summed E-state index contributed by atoms with van der Waals surface area (Å²) in [6, 6.07) is 5.45. The van der Waals surface area contributed by atoms with E-state index in [0.717, 1.165) is 11.1 Å². The average molecular weight is 343 g/mol. The molecule has 124 valence electrons. The van der Waals surface area contributed by atoms with Crippen LogP contribution in [0.2, 0.25) is 0 Å². The third-order valence-electron chi connectivity index (χ3n) is 3.50. The Morgan fingerprint density at radius 1 is 1.38 bits per heavy atom. The van der Waals surface area contributed by atoms with Crippen LogP contribution in [0.5, 0.6) is 0 Å². The molecule has 0 atom stereocenters. The predicted octanol–water partition coefficient (Wildman–Crippen LogP) is 2.48. The number of fused-ring (bicyclic) bond motifs is 1. The lowest BCUT2D eigenvalue weighted by molar-refractivity contribution is -0.116. The van der Waals surface area contributed by atoms with Gasteiger partial charge in [-0.15, -0.1) is 11.3 Å². The van der Waals surface area contributed by atoms with Gasteiger partial charge in [-0.05, 0) is 30.9 Å². The van der Waals surface area contributed by atoms with Crippen LogP contribution in [-0.2, 0) is 4.79 Å². The highest BCUT2D eigenvalue weighted by molar-refractivity contribution is 7.12. The SMILES string of the molecule is Cc1[nH]nc2ncc(NC(=O)CCCNC(=O)c3cccs3)cc12. The maximum Gasteiger partial charge on any atom is 0.261 e. The summed E-state index contributed by atoms with van der Waals surface area (Å²) in [6.07, 6.45) is 2.48. The number of amides is 2. The van der Waals surface area contributed by atoms with Gasteiger partial charge in [0.2, 0.25) is 5.91 Å². The average Bonchev–Trinajstić information content (AvgIpc) is 3.22. The van der Waals surface area contributed by atoms with Gasteiger partial charge >= 0.3 is 0 Å². The van der Waals surface area contributed by atoms with Crippen LogP contribution in [-0.4, -0.2) is 33.5 Å². The van der Waals surface area contributed by atoms with E-state index in [2.05, 4.69) is 25.8 Å². The summed E-state index contributed by atoms with van der Waals surface area (Å²) < 4.78 is 0. The molecule has 0 bridgehead atoms. The van der Waals surface area contributed by atoms with Crippen LogP contribution in [0.15, 0.2) is 29.8 Å². The van der Waals surface area contributed by atoms with Gasteiger partial charge in [0.25, 0.3) is 5.91 Å². The van der Waals surface area contributed by atoms with E-state index in [1.165, 1.54) is 11.3 Å². The first kappa shape index (κ1) is 16.1. The summed E-state index contributed by atoms with van der Waals surface area (Å²) in [6.45, 7) is 2.36. The molecule has 0 saturated heterocycles. The molecule has 3 N–H and O–H groups in total. The second-order valence-electron chi connectivity index (χ2n) is 5.33. The van der Waals surface area contributed by atoms with Gasteiger partial charge in [0.15, 0.2) is 5.65 Å². The Hall–Kier alpha value is -2.74. The largest absolute Gasteiger partial charge is 0.351 e. The smallest absolute Gasteiger partial charge is 0.261 e. The van der Waals surface area contributed by atoms with Gasteiger partial charge in [0.05, 0.1) is 16.8 Å². The quantitative estimate of drug-likeness (QED) is 0.599. The van der Waals surface area contributed by atoms with Crippen molar-refractivity contribution in [1.29, 1.82) is 0 Å². The van der Waals surface area contributed by atoms with Crippen LogP contribution < -0.4 is 10.6 Å². The molecule has 0 aliphatic heterocycles. The number of H-pyrrole nitrogens is 1. The summed E-state index contributed by atoms with van der Waals surface area (Å²) in [7, 11) is 0. The molecule has 0 aliphatic rings. The molecule has 0 aliphatic carbocycles. The van der Waals surface area contributed by atoms with Crippen molar-refractivity contribution in [3.05, 3.63) is 40.3 Å². The molecule has 3 aromatic rings. The Bertz CT molecular complexity index is 857. The second-order valence-corrected chi connectivity index (χ2v) is 6.28. The molecule has 0 saturated carbocycles. The second kappa shape index (κ2) is 7.22. The van der Waals surface area contributed by atoms with Crippen LogP contribution in [0.4, 0.5) is 5.69 Å². The molecule has 24 heavy (non-hydrogen) atoms. The third kappa shape index (κ3) is 3.77. The van der Waals surface area contributed by atoms with E-state index in [1.807, 2.05) is 24.4 Å². The highest BCUT2D eigenvalue weighted by atomic mass is 32.1. The van der Waals surface area contributed by atoms with Crippen molar-refractivity contribution >= 4 is 39.9 Å². The highest BCUT2D eigenvalue weighted by Gasteiger charge is 2.08. The van der Waals surface area contributed by atoms with Gasteiger partial charge in [-0.2, -0.15) is 5.10 Å². The Labute approximate surface area is 142 Å². The van der Waals surface area contributed by atoms with Crippen molar-refractivity contribution in [2.24, 2.45) is 0 Å². The van der Waals surface area contributed by atoms with Gasteiger partial charge in [0, 0.05) is 24.0 Å².